The molecular formula is C20H24N6O4S. The van der Waals surface area contributed by atoms with Crippen molar-refractivity contribution in [3.8, 4) is 11.3 Å². The predicted molar refractivity (Wildman–Crippen MR) is 117 cm³/mol. The van der Waals surface area contributed by atoms with Crippen LogP contribution in [0.15, 0.2) is 41.7 Å². The number of hydrogen-bond donors (Lipinski definition) is 3. The number of aryl methyl sites for hydroxylation is 1. The van der Waals surface area contributed by atoms with Gasteiger partial charge in [0.05, 0.1) is 17.0 Å². The average Bonchev–Trinajstić information content (AvgIpc) is 3.06. The van der Waals surface area contributed by atoms with Gasteiger partial charge in [-0.25, -0.2) is 18.4 Å². The van der Waals surface area contributed by atoms with E-state index in [2.05, 4.69) is 25.7 Å². The molecule has 1 amide bonds. The fourth-order valence-electron chi connectivity index (χ4n) is 2.82. The molecule has 0 fully saturated rings. The summed E-state index contributed by atoms with van der Waals surface area (Å²) in [6.07, 6.45) is 4.37. The maximum Gasteiger partial charge on any atom is 0.222 e. The number of aromatic nitrogens is 4. The van der Waals surface area contributed by atoms with Crippen LogP contribution in [0.25, 0.3) is 11.3 Å². The Labute approximate surface area is 180 Å². The van der Waals surface area contributed by atoms with Crippen molar-refractivity contribution in [1.29, 1.82) is 0 Å². The van der Waals surface area contributed by atoms with Gasteiger partial charge < -0.3 is 15.7 Å². The highest BCUT2D eigenvalue weighted by molar-refractivity contribution is 7.90. The van der Waals surface area contributed by atoms with E-state index in [1.807, 2.05) is 0 Å². The number of amides is 1. The molecule has 31 heavy (non-hydrogen) atoms. The van der Waals surface area contributed by atoms with E-state index in [4.69, 9.17) is 0 Å². The van der Waals surface area contributed by atoms with Gasteiger partial charge in [0.2, 0.25) is 5.91 Å². The Hall–Kier alpha value is -3.31. The molecular weight excluding hydrogens is 420 g/mol. The summed E-state index contributed by atoms with van der Waals surface area (Å²) in [6.45, 7) is 4.48. The van der Waals surface area contributed by atoms with Gasteiger partial charge in [-0.15, -0.1) is 0 Å². The van der Waals surface area contributed by atoms with Crippen LogP contribution < -0.4 is 10.6 Å². The lowest BCUT2D eigenvalue weighted by molar-refractivity contribution is -0.114. The summed E-state index contributed by atoms with van der Waals surface area (Å²) in [7, 11) is -1.85. The number of anilines is 3. The van der Waals surface area contributed by atoms with Crippen molar-refractivity contribution in [2.75, 3.05) is 16.9 Å². The monoisotopic (exact) mass is 444 g/mol. The highest BCUT2D eigenvalue weighted by Crippen LogP contribution is 2.32. The minimum absolute atomic E-state index is 0.176. The molecule has 3 heterocycles. The maximum atomic E-state index is 12.1. The first-order valence-electron chi connectivity index (χ1n) is 9.32. The lowest BCUT2D eigenvalue weighted by atomic mass is 10.00. The van der Waals surface area contributed by atoms with Gasteiger partial charge in [-0.05, 0) is 37.6 Å². The van der Waals surface area contributed by atoms with Crippen molar-refractivity contribution >= 4 is 33.1 Å². The van der Waals surface area contributed by atoms with Gasteiger partial charge in [0.1, 0.15) is 11.6 Å². The van der Waals surface area contributed by atoms with Gasteiger partial charge in [-0.3, -0.25) is 9.48 Å². The fraction of sp³-hybridized carbons (Fsp3) is 0.300. The van der Waals surface area contributed by atoms with Crippen LogP contribution in [-0.4, -0.2) is 45.4 Å². The van der Waals surface area contributed by atoms with E-state index < -0.39 is 15.4 Å². The number of carbonyl (C=O) groups is 1. The van der Waals surface area contributed by atoms with E-state index in [1.165, 1.54) is 13.0 Å². The number of sulfone groups is 1. The third-order valence-electron chi connectivity index (χ3n) is 4.35. The molecule has 3 aromatic heterocycles. The Balaban J connectivity index is 2.15. The molecule has 0 spiro atoms. The predicted octanol–water partition coefficient (Wildman–Crippen LogP) is 2.21. The quantitative estimate of drug-likeness (QED) is 0.526. The third-order valence-corrected chi connectivity index (χ3v) is 5.32. The number of pyridine rings is 2. The van der Waals surface area contributed by atoms with Crippen molar-refractivity contribution < 1.29 is 18.3 Å². The summed E-state index contributed by atoms with van der Waals surface area (Å²) in [5, 5.41) is 20.3. The van der Waals surface area contributed by atoms with Gasteiger partial charge in [0, 0.05) is 44.3 Å². The molecule has 0 radical (unpaired) electrons. The summed E-state index contributed by atoms with van der Waals surface area (Å²) < 4.78 is 25.9. The summed E-state index contributed by atoms with van der Waals surface area (Å²) in [4.78, 5) is 19.9. The van der Waals surface area contributed by atoms with Crippen LogP contribution >= 0.6 is 0 Å². The Morgan fingerprint density at radius 3 is 2.45 bits per heavy atom. The Bertz CT molecular complexity index is 1240. The van der Waals surface area contributed by atoms with Gasteiger partial charge in [0.25, 0.3) is 0 Å². The van der Waals surface area contributed by atoms with Gasteiger partial charge in [-0.1, -0.05) is 0 Å². The van der Waals surface area contributed by atoms with Crippen molar-refractivity contribution in [2.45, 2.75) is 31.4 Å². The van der Waals surface area contributed by atoms with E-state index in [0.29, 0.717) is 28.3 Å². The van der Waals surface area contributed by atoms with E-state index in [9.17, 15) is 18.3 Å². The van der Waals surface area contributed by atoms with Crippen LogP contribution in [0, 0.1) is 0 Å². The summed E-state index contributed by atoms with van der Waals surface area (Å²) >= 11 is 0. The van der Waals surface area contributed by atoms with Gasteiger partial charge >= 0.3 is 0 Å². The SMILES string of the molecule is CC(=O)Nc1cc(Nc2cc(C(C)(C)O)cc(S(C)(=O)=O)n2)c(-c2ccn(C)n2)cn1. The normalized spacial score (nSPS) is 11.9. The number of aliphatic hydroxyl groups is 1. The molecule has 0 unspecified atom stereocenters. The topological polar surface area (TPSA) is 139 Å². The molecule has 0 aromatic carbocycles. The number of hydrogen-bond acceptors (Lipinski definition) is 8. The van der Waals surface area contributed by atoms with Gasteiger partial charge in [-0.2, -0.15) is 5.10 Å². The first-order chi connectivity index (χ1) is 14.3. The number of nitrogens with one attached hydrogen (secondary N) is 2. The lowest BCUT2D eigenvalue weighted by Gasteiger charge is -2.20. The lowest BCUT2D eigenvalue weighted by Crippen LogP contribution is -2.17. The molecule has 0 atom stereocenters. The second-order valence-electron chi connectivity index (χ2n) is 7.71. The van der Waals surface area contributed by atoms with Crippen molar-refractivity contribution in [2.24, 2.45) is 7.05 Å². The molecule has 0 bridgehead atoms. The standard InChI is InChI=1S/C20H24N6O4S/c1-12(27)22-17-10-16(14(11-21-17)15-6-7-26(4)25-15)23-18-8-13(20(2,3)28)9-19(24-18)31(5,29)30/h6-11,28H,1-5H3,(H2,21,22,23,24,27). The molecule has 164 valence electrons. The summed E-state index contributed by atoms with van der Waals surface area (Å²) in [5.41, 5.74) is 0.820. The molecule has 0 aliphatic carbocycles. The van der Waals surface area contributed by atoms with Crippen molar-refractivity contribution in [3.63, 3.8) is 0 Å². The van der Waals surface area contributed by atoms with E-state index in [0.717, 1.165) is 6.26 Å². The smallest absolute Gasteiger partial charge is 0.222 e. The number of carbonyl (C=O) groups excluding carboxylic acids is 1. The largest absolute Gasteiger partial charge is 0.386 e. The summed E-state index contributed by atoms with van der Waals surface area (Å²) in [6, 6.07) is 6.30. The Morgan fingerprint density at radius 2 is 1.90 bits per heavy atom. The van der Waals surface area contributed by atoms with Crippen molar-refractivity contribution in [1.82, 2.24) is 19.7 Å². The van der Waals surface area contributed by atoms with Crippen LogP contribution in [0.5, 0.6) is 0 Å². The first kappa shape index (κ1) is 22.4. The number of rotatable bonds is 6. The molecule has 3 N–H and O–H groups in total. The third kappa shape index (κ3) is 5.44. The second-order valence-corrected chi connectivity index (χ2v) is 9.67. The van der Waals surface area contributed by atoms with Crippen LogP contribution in [0.1, 0.15) is 26.3 Å². The molecule has 10 nitrogen and oxygen atoms in total. The maximum absolute atomic E-state index is 12.1. The molecule has 0 saturated heterocycles. The first-order valence-corrected chi connectivity index (χ1v) is 11.2. The molecule has 0 aliphatic rings. The zero-order valence-corrected chi connectivity index (χ0v) is 18.6. The molecule has 3 rings (SSSR count). The zero-order valence-electron chi connectivity index (χ0n) is 17.8. The zero-order chi connectivity index (χ0) is 23.0. The van der Waals surface area contributed by atoms with Crippen LogP contribution in [0.2, 0.25) is 0 Å². The van der Waals surface area contributed by atoms with Crippen LogP contribution in [0.4, 0.5) is 17.3 Å². The fourth-order valence-corrected chi connectivity index (χ4v) is 3.43. The Morgan fingerprint density at radius 1 is 1.19 bits per heavy atom. The van der Waals surface area contributed by atoms with E-state index in [-0.39, 0.29) is 16.8 Å². The minimum Gasteiger partial charge on any atom is -0.386 e. The second kappa shape index (κ2) is 8.08. The summed E-state index contributed by atoms with van der Waals surface area (Å²) in [5.74, 6) is 0.222. The van der Waals surface area contributed by atoms with Crippen molar-refractivity contribution in [3.05, 3.63) is 42.2 Å². The highest BCUT2D eigenvalue weighted by atomic mass is 32.2. The van der Waals surface area contributed by atoms with E-state index in [1.54, 1.807) is 56.2 Å². The molecule has 0 saturated carbocycles. The average molecular weight is 445 g/mol. The Kier molecular flexibility index (Phi) is 5.83. The minimum atomic E-state index is -3.63. The molecule has 3 aromatic rings. The van der Waals surface area contributed by atoms with Gasteiger partial charge in [0.15, 0.2) is 14.9 Å². The highest BCUT2D eigenvalue weighted by Gasteiger charge is 2.22. The van der Waals surface area contributed by atoms with Crippen LogP contribution in [0.3, 0.4) is 0 Å². The van der Waals surface area contributed by atoms with Crippen LogP contribution in [-0.2, 0) is 27.3 Å². The number of nitrogens with zero attached hydrogens (tertiary/aromatic N) is 4. The van der Waals surface area contributed by atoms with E-state index >= 15 is 0 Å². The molecule has 11 heteroatoms. The molecule has 0 aliphatic heterocycles.